The molecule has 7 nitrogen and oxygen atoms in total. The van der Waals surface area contributed by atoms with Crippen molar-refractivity contribution in [2.75, 3.05) is 31.3 Å². The number of benzene rings is 1. The van der Waals surface area contributed by atoms with Crippen molar-refractivity contribution in [1.82, 2.24) is 15.1 Å². The summed E-state index contributed by atoms with van der Waals surface area (Å²) in [7, 11) is 1.53. The molecule has 168 valence electrons. The average Bonchev–Trinajstić information content (AvgIpc) is 3.28. The van der Waals surface area contributed by atoms with E-state index in [0.717, 1.165) is 47.7 Å². The Morgan fingerprint density at radius 2 is 2.12 bits per heavy atom. The lowest BCUT2D eigenvalue weighted by Crippen LogP contribution is -2.29. The molecule has 1 saturated heterocycles. The van der Waals surface area contributed by atoms with Crippen LogP contribution in [0.15, 0.2) is 57.8 Å². The van der Waals surface area contributed by atoms with Gasteiger partial charge in [-0.25, -0.2) is 14.4 Å². The number of ether oxygens (including phenoxy) is 1. The summed E-state index contributed by atoms with van der Waals surface area (Å²) in [5.41, 5.74) is 2.89. The molecule has 0 radical (unpaired) electrons. The number of rotatable bonds is 4. The van der Waals surface area contributed by atoms with Crippen molar-refractivity contribution in [3.63, 3.8) is 0 Å². The molecule has 2 aliphatic heterocycles. The summed E-state index contributed by atoms with van der Waals surface area (Å²) in [6, 6.07) is 4.88. The Bertz CT molecular complexity index is 1080. The first kappa shape index (κ1) is 22.3. The number of anilines is 1. The monoisotopic (exact) mass is 454 g/mol. The number of aromatic nitrogens is 2. The van der Waals surface area contributed by atoms with E-state index in [1.807, 2.05) is 24.0 Å². The average molecular weight is 455 g/mol. The van der Waals surface area contributed by atoms with Crippen molar-refractivity contribution >= 4 is 35.2 Å². The fraction of sp³-hybridized carbons (Fsp3) is 0.348. The number of nitrogens with zero attached hydrogens (tertiary/aromatic N) is 4. The molecule has 0 unspecified atom stereocenters. The van der Waals surface area contributed by atoms with Crippen LogP contribution in [0.2, 0.25) is 0 Å². The van der Waals surface area contributed by atoms with Crippen molar-refractivity contribution < 1.29 is 9.13 Å². The first-order chi connectivity index (χ1) is 15.5. The number of piperidine rings is 1. The van der Waals surface area contributed by atoms with E-state index in [2.05, 4.69) is 32.3 Å². The third-order valence-corrected chi connectivity index (χ3v) is 6.40. The van der Waals surface area contributed by atoms with Gasteiger partial charge in [-0.3, -0.25) is 4.68 Å². The minimum Gasteiger partial charge on any atom is -0.496 e. The molecular formula is C23H27FN6OS. The normalized spacial score (nSPS) is 18.1. The summed E-state index contributed by atoms with van der Waals surface area (Å²) in [6.07, 6.45) is 7.70. The number of guanidine groups is 1. The molecule has 9 heteroatoms. The molecule has 0 amide bonds. The molecular weight excluding hydrogens is 427 g/mol. The summed E-state index contributed by atoms with van der Waals surface area (Å²) < 4.78 is 21.2. The van der Waals surface area contributed by atoms with Crippen LogP contribution in [0, 0.1) is 5.82 Å². The Kier molecular flexibility index (Phi) is 7.06. The minimum absolute atomic E-state index is 0.356. The topological polar surface area (TPSA) is 75.8 Å². The molecule has 1 fully saturated rings. The standard InChI is InChI=1S/C23H27FN6OS/c1-15-22(20-5-4-17(24)12-21(20)31-3)16(2)32-11-10-26-23(28-15)29-18-13-27-30(14-18)19-6-8-25-9-7-19/h4-5,10,12-14,19,25H,1,6-9,11H2,2-3H3,(H,28,29). The van der Waals surface area contributed by atoms with Crippen LogP contribution in [0.1, 0.15) is 31.4 Å². The Balaban J connectivity index is 1.61. The lowest BCUT2D eigenvalue weighted by Gasteiger charge is -2.22. The molecule has 0 bridgehead atoms. The number of methoxy groups -OCH3 is 1. The first-order valence-electron chi connectivity index (χ1n) is 10.5. The highest BCUT2D eigenvalue weighted by Gasteiger charge is 2.19. The van der Waals surface area contributed by atoms with Crippen LogP contribution in [0.4, 0.5) is 10.1 Å². The van der Waals surface area contributed by atoms with Gasteiger partial charge in [0.05, 0.1) is 30.7 Å². The molecule has 32 heavy (non-hydrogen) atoms. The van der Waals surface area contributed by atoms with E-state index in [1.54, 1.807) is 24.0 Å². The highest BCUT2D eigenvalue weighted by Crippen LogP contribution is 2.37. The summed E-state index contributed by atoms with van der Waals surface area (Å²) in [6.45, 7) is 8.19. The zero-order valence-corrected chi connectivity index (χ0v) is 19.1. The molecule has 0 saturated carbocycles. The van der Waals surface area contributed by atoms with Gasteiger partial charge >= 0.3 is 0 Å². The van der Waals surface area contributed by atoms with Crippen molar-refractivity contribution in [2.45, 2.75) is 25.8 Å². The van der Waals surface area contributed by atoms with Gasteiger partial charge in [0.1, 0.15) is 11.6 Å². The van der Waals surface area contributed by atoms with E-state index in [0.29, 0.717) is 29.2 Å². The van der Waals surface area contributed by atoms with Gasteiger partial charge in [-0.1, -0.05) is 6.58 Å². The predicted molar refractivity (Wildman–Crippen MR) is 130 cm³/mol. The van der Waals surface area contributed by atoms with Crippen LogP contribution in [0.3, 0.4) is 0 Å². The van der Waals surface area contributed by atoms with Gasteiger partial charge in [-0.05, 0) is 49.9 Å². The Morgan fingerprint density at radius 1 is 1.31 bits per heavy atom. The highest BCUT2D eigenvalue weighted by molar-refractivity contribution is 8.03. The number of thioether (sulfide) groups is 1. The maximum Gasteiger partial charge on any atom is 0.227 e. The zero-order chi connectivity index (χ0) is 22.5. The molecule has 2 aliphatic rings. The summed E-state index contributed by atoms with van der Waals surface area (Å²) in [4.78, 5) is 10.2. The van der Waals surface area contributed by atoms with Gasteiger partial charge in [-0.15, -0.1) is 11.8 Å². The second-order valence-corrected chi connectivity index (χ2v) is 8.83. The van der Waals surface area contributed by atoms with Gasteiger partial charge in [0.2, 0.25) is 5.96 Å². The minimum atomic E-state index is -0.356. The molecule has 0 atom stereocenters. The molecule has 4 rings (SSSR count). The van der Waals surface area contributed by atoms with Gasteiger partial charge in [-0.2, -0.15) is 5.10 Å². The quantitative estimate of drug-likeness (QED) is 0.712. The van der Waals surface area contributed by atoms with E-state index in [-0.39, 0.29) is 5.82 Å². The van der Waals surface area contributed by atoms with Gasteiger partial charge in [0.15, 0.2) is 0 Å². The second kappa shape index (κ2) is 10.1. The fourth-order valence-electron chi connectivity index (χ4n) is 3.85. The van der Waals surface area contributed by atoms with Gasteiger partial charge < -0.3 is 15.4 Å². The number of halogens is 1. The second-order valence-electron chi connectivity index (χ2n) is 7.60. The first-order valence-corrected chi connectivity index (χ1v) is 11.5. The smallest absolute Gasteiger partial charge is 0.227 e. The Hall–Kier alpha value is -2.91. The molecule has 2 aromatic rings. The number of aliphatic imine (C=N–C) groups is 2. The van der Waals surface area contributed by atoms with Crippen molar-refractivity contribution in [3.8, 4) is 5.75 Å². The number of nitrogens with one attached hydrogen (secondary N) is 2. The lowest BCUT2D eigenvalue weighted by molar-refractivity contribution is 0.343. The van der Waals surface area contributed by atoms with E-state index in [4.69, 9.17) is 4.74 Å². The van der Waals surface area contributed by atoms with E-state index < -0.39 is 0 Å². The summed E-state index contributed by atoms with van der Waals surface area (Å²) in [5, 5.41) is 11.2. The van der Waals surface area contributed by atoms with Crippen molar-refractivity contribution in [1.29, 1.82) is 0 Å². The SMILES string of the molecule is C=C1N=C(Nc2cnn(C3CCNCC3)c2)N=CCSC(C)=C1c1ccc(F)cc1OC. The van der Waals surface area contributed by atoms with E-state index in [9.17, 15) is 4.39 Å². The lowest BCUT2D eigenvalue weighted by atomic mass is 10.0. The largest absolute Gasteiger partial charge is 0.496 e. The molecule has 0 aliphatic carbocycles. The van der Waals surface area contributed by atoms with Gasteiger partial charge in [0.25, 0.3) is 0 Å². The molecule has 1 aromatic carbocycles. The number of hydrogen-bond donors (Lipinski definition) is 2. The third-order valence-electron chi connectivity index (χ3n) is 5.44. The molecule has 3 heterocycles. The third kappa shape index (κ3) is 5.11. The highest BCUT2D eigenvalue weighted by atomic mass is 32.2. The Morgan fingerprint density at radius 3 is 2.91 bits per heavy atom. The number of hydrogen-bond acceptors (Lipinski definition) is 7. The van der Waals surface area contributed by atoms with Crippen LogP contribution >= 0.6 is 11.8 Å². The van der Waals surface area contributed by atoms with Crippen LogP contribution in [0.25, 0.3) is 5.57 Å². The molecule has 0 spiro atoms. The predicted octanol–water partition coefficient (Wildman–Crippen LogP) is 4.49. The summed E-state index contributed by atoms with van der Waals surface area (Å²) >= 11 is 1.62. The van der Waals surface area contributed by atoms with Crippen LogP contribution in [0.5, 0.6) is 5.75 Å². The summed E-state index contributed by atoms with van der Waals surface area (Å²) in [5.74, 6) is 1.18. The fourth-order valence-corrected chi connectivity index (χ4v) is 4.62. The zero-order valence-electron chi connectivity index (χ0n) is 18.3. The molecule has 1 aromatic heterocycles. The van der Waals surface area contributed by atoms with E-state index >= 15 is 0 Å². The van der Waals surface area contributed by atoms with Crippen LogP contribution in [-0.2, 0) is 0 Å². The molecule has 2 N–H and O–H groups in total. The Labute approximate surface area is 191 Å². The maximum atomic E-state index is 13.8. The maximum absolute atomic E-state index is 13.8. The van der Waals surface area contributed by atoms with E-state index in [1.165, 1.54) is 19.2 Å². The number of allylic oxidation sites excluding steroid dienone is 2. The van der Waals surface area contributed by atoms with Crippen molar-refractivity contribution in [2.24, 2.45) is 9.98 Å². The van der Waals surface area contributed by atoms with Gasteiger partial charge in [0, 0.05) is 35.4 Å². The van der Waals surface area contributed by atoms with Crippen molar-refractivity contribution in [3.05, 3.63) is 59.2 Å². The van der Waals surface area contributed by atoms with Crippen LogP contribution in [-0.4, -0.2) is 47.9 Å². The van der Waals surface area contributed by atoms with Crippen LogP contribution < -0.4 is 15.4 Å².